The number of phenolic OH excluding ortho intramolecular Hbond substituents is 1. The summed E-state index contributed by atoms with van der Waals surface area (Å²) < 4.78 is 17.5. The second kappa shape index (κ2) is 7.24. The lowest BCUT2D eigenvalue weighted by atomic mass is 9.82. The fourth-order valence-corrected chi connectivity index (χ4v) is 4.14. The minimum absolute atomic E-state index is 0.0667. The molecular formula is C24H23ClO7. The van der Waals surface area contributed by atoms with E-state index in [1.165, 1.54) is 12.1 Å². The average Bonchev–Trinajstić information content (AvgIpc) is 3.09. The number of aromatic hydroxyl groups is 1. The van der Waals surface area contributed by atoms with Crippen LogP contribution < -0.4 is 9.47 Å². The van der Waals surface area contributed by atoms with Crippen molar-refractivity contribution in [3.8, 4) is 17.2 Å². The Hall–Kier alpha value is -3.06. The monoisotopic (exact) mass is 458 g/mol. The minimum Gasteiger partial charge on any atom is -0.505 e. The molecule has 2 aromatic rings. The van der Waals surface area contributed by atoms with Crippen LogP contribution in [0.2, 0.25) is 5.02 Å². The Morgan fingerprint density at radius 3 is 2.12 bits per heavy atom. The summed E-state index contributed by atoms with van der Waals surface area (Å²) in [5, 5.41) is 10.5. The van der Waals surface area contributed by atoms with E-state index in [1.807, 2.05) is 0 Å². The normalized spacial score (nSPS) is 19.1. The Kier molecular flexibility index (Phi) is 5.01. The van der Waals surface area contributed by atoms with Crippen LogP contribution in [0.4, 0.5) is 0 Å². The summed E-state index contributed by atoms with van der Waals surface area (Å²) in [6.07, 6.45) is -0.645. The smallest absolute Gasteiger partial charge is 0.314 e. The third-order valence-corrected chi connectivity index (χ3v) is 5.97. The van der Waals surface area contributed by atoms with Crippen LogP contribution in [-0.2, 0) is 9.53 Å². The lowest BCUT2D eigenvalue weighted by Gasteiger charge is -2.38. The maximum atomic E-state index is 13.4. The molecule has 0 radical (unpaired) electrons. The van der Waals surface area contributed by atoms with Crippen molar-refractivity contribution >= 4 is 29.1 Å². The van der Waals surface area contributed by atoms with E-state index in [1.54, 1.807) is 46.8 Å². The molecule has 0 spiro atoms. The number of carbonyl (C=O) groups excluding carboxylic acids is 3. The highest BCUT2D eigenvalue weighted by molar-refractivity contribution is 6.38. The third kappa shape index (κ3) is 3.14. The Morgan fingerprint density at radius 1 is 1.06 bits per heavy atom. The predicted octanol–water partition coefficient (Wildman–Crippen LogP) is 4.68. The van der Waals surface area contributed by atoms with Crippen molar-refractivity contribution in [1.82, 2.24) is 0 Å². The second-order valence-electron chi connectivity index (χ2n) is 9.20. The molecule has 7 nitrogen and oxygen atoms in total. The number of halogens is 1. The number of ether oxygens (including phenoxy) is 3. The molecule has 1 N–H and O–H groups in total. The SMILES string of the molecule is CC(C)OC(=O)CC1(C(C)(C)C)Oc2c(Cl)c(O)c3c(c2O1)C(=O)c1ccccc1C3=O. The number of rotatable bonds is 3. The number of ketones is 2. The average molecular weight is 459 g/mol. The van der Waals surface area contributed by atoms with E-state index in [-0.39, 0.29) is 51.3 Å². The number of benzene rings is 2. The van der Waals surface area contributed by atoms with Gasteiger partial charge < -0.3 is 19.3 Å². The molecule has 0 saturated carbocycles. The van der Waals surface area contributed by atoms with Crippen LogP contribution in [0.25, 0.3) is 0 Å². The Balaban J connectivity index is 1.90. The highest BCUT2D eigenvalue weighted by Crippen LogP contribution is 2.58. The van der Waals surface area contributed by atoms with Gasteiger partial charge in [0.15, 0.2) is 23.1 Å². The number of esters is 1. The first-order valence-electron chi connectivity index (χ1n) is 10.2. The van der Waals surface area contributed by atoms with Crippen LogP contribution in [0, 0.1) is 5.41 Å². The van der Waals surface area contributed by atoms with Crippen molar-refractivity contribution in [2.24, 2.45) is 5.41 Å². The molecule has 0 saturated heterocycles. The number of hydrogen-bond donors (Lipinski definition) is 1. The lowest BCUT2D eigenvalue weighted by molar-refractivity contribution is -0.186. The molecule has 0 aromatic heterocycles. The summed E-state index contributed by atoms with van der Waals surface area (Å²) in [4.78, 5) is 39.1. The molecule has 1 atom stereocenters. The molecule has 1 aliphatic carbocycles. The predicted molar refractivity (Wildman–Crippen MR) is 116 cm³/mol. The van der Waals surface area contributed by atoms with Crippen molar-refractivity contribution in [3.05, 3.63) is 51.5 Å². The zero-order valence-electron chi connectivity index (χ0n) is 18.4. The van der Waals surface area contributed by atoms with Gasteiger partial charge in [0.2, 0.25) is 0 Å². The van der Waals surface area contributed by atoms with Crippen LogP contribution in [0.15, 0.2) is 24.3 Å². The summed E-state index contributed by atoms with van der Waals surface area (Å²) >= 11 is 6.38. The molecule has 0 fully saturated rings. The quantitative estimate of drug-likeness (QED) is 0.569. The van der Waals surface area contributed by atoms with Gasteiger partial charge >= 0.3 is 5.97 Å². The van der Waals surface area contributed by atoms with Gasteiger partial charge in [0.25, 0.3) is 5.79 Å². The van der Waals surface area contributed by atoms with Crippen molar-refractivity contribution in [2.45, 2.75) is 52.9 Å². The lowest BCUT2D eigenvalue weighted by Crippen LogP contribution is -2.52. The zero-order chi connectivity index (χ0) is 23.6. The van der Waals surface area contributed by atoms with Crippen molar-refractivity contribution < 1.29 is 33.7 Å². The van der Waals surface area contributed by atoms with E-state index in [0.29, 0.717) is 0 Å². The molecule has 4 rings (SSSR count). The van der Waals surface area contributed by atoms with Gasteiger partial charge in [0.1, 0.15) is 17.2 Å². The standard InChI is InChI=1S/C24H23ClO7/c1-11(2)30-14(26)10-24(23(3,4)5)31-21-16-15(20(29)17(25)22(21)32-24)18(27)12-8-6-7-9-13(12)19(16)28/h6-9,11,29H,10H2,1-5H3. The summed E-state index contributed by atoms with van der Waals surface area (Å²) in [5.41, 5.74) is -0.805. The van der Waals surface area contributed by atoms with Crippen molar-refractivity contribution in [1.29, 1.82) is 0 Å². The Labute approximate surface area is 190 Å². The minimum atomic E-state index is -1.58. The number of carbonyl (C=O) groups is 3. The fraction of sp³-hybridized carbons (Fsp3) is 0.375. The van der Waals surface area contributed by atoms with Gasteiger partial charge in [-0.05, 0) is 13.8 Å². The van der Waals surface area contributed by atoms with E-state index in [2.05, 4.69) is 0 Å². The molecule has 0 amide bonds. The molecule has 2 aliphatic rings. The largest absolute Gasteiger partial charge is 0.505 e. The van der Waals surface area contributed by atoms with Gasteiger partial charge in [0.05, 0.1) is 17.2 Å². The van der Waals surface area contributed by atoms with Crippen LogP contribution in [0.3, 0.4) is 0 Å². The molecule has 32 heavy (non-hydrogen) atoms. The molecule has 2 aromatic carbocycles. The maximum absolute atomic E-state index is 13.4. The third-order valence-electron chi connectivity index (χ3n) is 5.62. The van der Waals surface area contributed by atoms with Crippen LogP contribution in [0.5, 0.6) is 17.2 Å². The van der Waals surface area contributed by atoms with Crippen LogP contribution >= 0.6 is 11.6 Å². The fourth-order valence-electron chi connectivity index (χ4n) is 3.93. The first-order valence-corrected chi connectivity index (χ1v) is 10.6. The Bertz CT molecular complexity index is 1180. The van der Waals surface area contributed by atoms with E-state index in [4.69, 9.17) is 25.8 Å². The van der Waals surface area contributed by atoms with Gasteiger partial charge in [-0.25, -0.2) is 0 Å². The highest BCUT2D eigenvalue weighted by atomic mass is 35.5. The summed E-state index contributed by atoms with van der Waals surface area (Å²) in [7, 11) is 0. The van der Waals surface area contributed by atoms with E-state index < -0.39 is 34.5 Å². The van der Waals surface area contributed by atoms with E-state index in [9.17, 15) is 19.5 Å². The molecule has 1 unspecified atom stereocenters. The topological polar surface area (TPSA) is 99.1 Å². The van der Waals surface area contributed by atoms with Gasteiger partial charge in [-0.2, -0.15) is 0 Å². The van der Waals surface area contributed by atoms with Gasteiger partial charge in [0, 0.05) is 16.5 Å². The summed E-state index contributed by atoms with van der Waals surface area (Å²) in [6, 6.07) is 6.32. The molecule has 0 bridgehead atoms. The maximum Gasteiger partial charge on any atom is 0.314 e. The zero-order valence-corrected chi connectivity index (χ0v) is 19.1. The number of fused-ring (bicyclic) bond motifs is 4. The van der Waals surface area contributed by atoms with E-state index in [0.717, 1.165) is 0 Å². The molecule has 8 heteroatoms. The Morgan fingerprint density at radius 2 is 1.59 bits per heavy atom. The number of hydrogen-bond acceptors (Lipinski definition) is 7. The first-order chi connectivity index (χ1) is 14.9. The van der Waals surface area contributed by atoms with Gasteiger partial charge in [-0.3, -0.25) is 14.4 Å². The van der Waals surface area contributed by atoms with Gasteiger partial charge in [-0.1, -0.05) is 56.6 Å². The molecule has 1 aliphatic heterocycles. The summed E-state index contributed by atoms with van der Waals surface area (Å²) in [5.74, 6) is -3.91. The number of phenols is 1. The molecule has 168 valence electrons. The summed E-state index contributed by atoms with van der Waals surface area (Å²) in [6.45, 7) is 8.83. The molecular weight excluding hydrogens is 436 g/mol. The van der Waals surface area contributed by atoms with Crippen LogP contribution in [0.1, 0.15) is 72.9 Å². The van der Waals surface area contributed by atoms with Crippen molar-refractivity contribution in [3.63, 3.8) is 0 Å². The van der Waals surface area contributed by atoms with Crippen molar-refractivity contribution in [2.75, 3.05) is 0 Å². The highest BCUT2D eigenvalue weighted by Gasteiger charge is 2.56. The van der Waals surface area contributed by atoms with Gasteiger partial charge in [-0.15, -0.1) is 0 Å². The van der Waals surface area contributed by atoms with Crippen LogP contribution in [-0.4, -0.2) is 34.5 Å². The first kappa shape index (κ1) is 22.1. The molecule has 1 heterocycles. The van der Waals surface area contributed by atoms with E-state index >= 15 is 0 Å². The second-order valence-corrected chi connectivity index (χ2v) is 9.58.